The lowest BCUT2D eigenvalue weighted by atomic mass is 9.99. The van der Waals surface area contributed by atoms with E-state index >= 15 is 0 Å². The van der Waals surface area contributed by atoms with E-state index in [-0.39, 0.29) is 23.4 Å². The van der Waals surface area contributed by atoms with Crippen LogP contribution in [0.3, 0.4) is 0 Å². The first kappa shape index (κ1) is 14.9. The molecular formula is C19H17FN2O2. The third-order valence-corrected chi connectivity index (χ3v) is 4.78. The molecule has 1 aromatic heterocycles. The molecule has 4 nitrogen and oxygen atoms in total. The van der Waals surface area contributed by atoms with Gasteiger partial charge in [0.1, 0.15) is 22.8 Å². The number of fused-ring (bicyclic) bond motifs is 2. The highest BCUT2D eigenvalue weighted by Gasteiger charge is 2.33. The lowest BCUT2D eigenvalue weighted by molar-refractivity contribution is 0.217. The van der Waals surface area contributed by atoms with E-state index in [0.717, 1.165) is 11.1 Å². The predicted octanol–water partition coefficient (Wildman–Crippen LogP) is 3.86. The molecule has 0 saturated heterocycles. The molecule has 2 aromatic carbocycles. The molecule has 0 radical (unpaired) electrons. The van der Waals surface area contributed by atoms with E-state index in [9.17, 15) is 14.6 Å². The molecule has 0 bridgehead atoms. The Labute approximate surface area is 138 Å². The van der Waals surface area contributed by atoms with Crippen LogP contribution in [0.25, 0.3) is 10.9 Å². The maximum atomic E-state index is 13.1. The maximum Gasteiger partial charge on any atom is 0.146 e. The van der Waals surface area contributed by atoms with E-state index in [4.69, 9.17) is 0 Å². The minimum absolute atomic E-state index is 0.0550. The van der Waals surface area contributed by atoms with E-state index in [0.29, 0.717) is 29.6 Å². The van der Waals surface area contributed by atoms with Crippen molar-refractivity contribution >= 4 is 10.9 Å². The highest BCUT2D eigenvalue weighted by atomic mass is 19.1. The number of benzene rings is 2. The van der Waals surface area contributed by atoms with Crippen molar-refractivity contribution in [1.82, 2.24) is 9.88 Å². The Kier molecular flexibility index (Phi) is 3.39. The molecule has 0 amide bonds. The van der Waals surface area contributed by atoms with Crippen molar-refractivity contribution in [2.24, 2.45) is 0 Å². The van der Waals surface area contributed by atoms with Gasteiger partial charge in [0.15, 0.2) is 0 Å². The topological polar surface area (TPSA) is 56.6 Å². The van der Waals surface area contributed by atoms with Crippen LogP contribution in [0.2, 0.25) is 0 Å². The molecular weight excluding hydrogens is 307 g/mol. The van der Waals surface area contributed by atoms with Crippen LogP contribution in [0, 0.1) is 5.82 Å². The zero-order valence-electron chi connectivity index (χ0n) is 13.2. The van der Waals surface area contributed by atoms with Crippen LogP contribution in [0.1, 0.15) is 29.7 Å². The van der Waals surface area contributed by atoms with E-state index in [1.54, 1.807) is 30.5 Å². The van der Waals surface area contributed by atoms with Crippen LogP contribution in [0.4, 0.5) is 4.39 Å². The smallest absolute Gasteiger partial charge is 0.146 e. The predicted molar refractivity (Wildman–Crippen MR) is 89.1 cm³/mol. The number of pyridine rings is 1. The molecule has 0 aliphatic carbocycles. The summed E-state index contributed by atoms with van der Waals surface area (Å²) in [5.41, 5.74) is 2.87. The third kappa shape index (κ3) is 2.20. The summed E-state index contributed by atoms with van der Waals surface area (Å²) in [7, 11) is 0. The Hall–Kier alpha value is -2.66. The fraction of sp³-hybridized carbons (Fsp3) is 0.211. The third-order valence-electron chi connectivity index (χ3n) is 4.78. The molecule has 5 heteroatoms. The van der Waals surface area contributed by atoms with Gasteiger partial charge in [-0.25, -0.2) is 4.39 Å². The Morgan fingerprint density at radius 1 is 1.17 bits per heavy atom. The summed E-state index contributed by atoms with van der Waals surface area (Å²) >= 11 is 0. The first-order valence-electron chi connectivity index (χ1n) is 7.86. The summed E-state index contributed by atoms with van der Waals surface area (Å²) in [6.45, 7) is 3.12. The summed E-state index contributed by atoms with van der Waals surface area (Å²) in [4.78, 5) is 6.33. The highest BCUT2D eigenvalue weighted by molar-refractivity contribution is 5.93. The van der Waals surface area contributed by atoms with Gasteiger partial charge in [-0.05, 0) is 36.8 Å². The van der Waals surface area contributed by atoms with Crippen molar-refractivity contribution in [3.05, 3.63) is 65.1 Å². The van der Waals surface area contributed by atoms with Crippen LogP contribution in [-0.4, -0.2) is 20.1 Å². The second kappa shape index (κ2) is 5.46. The number of phenols is 2. The molecule has 122 valence electrons. The average molecular weight is 324 g/mol. The lowest BCUT2D eigenvalue weighted by Gasteiger charge is -2.21. The van der Waals surface area contributed by atoms with E-state index in [1.165, 1.54) is 12.1 Å². The molecule has 3 aromatic rings. The largest absolute Gasteiger partial charge is 0.507 e. The average Bonchev–Trinajstić information content (AvgIpc) is 2.92. The number of aromatic hydroxyl groups is 2. The van der Waals surface area contributed by atoms with Gasteiger partial charge in [0, 0.05) is 41.8 Å². The summed E-state index contributed by atoms with van der Waals surface area (Å²) in [6, 6.07) is 9.83. The maximum absolute atomic E-state index is 13.1. The molecule has 0 spiro atoms. The van der Waals surface area contributed by atoms with Crippen molar-refractivity contribution in [3.63, 3.8) is 0 Å². The molecule has 24 heavy (non-hydrogen) atoms. The molecule has 2 heterocycles. The fourth-order valence-corrected chi connectivity index (χ4v) is 3.49. The molecule has 1 unspecified atom stereocenters. The van der Waals surface area contributed by atoms with Gasteiger partial charge in [-0.15, -0.1) is 0 Å². The quantitative estimate of drug-likeness (QED) is 0.703. The summed E-state index contributed by atoms with van der Waals surface area (Å²) in [5, 5.41) is 21.8. The number of phenolic OH excluding ortho intramolecular Hbond substituents is 2. The molecule has 0 saturated carbocycles. The van der Waals surface area contributed by atoms with Gasteiger partial charge in [0.2, 0.25) is 0 Å². The number of aromatic nitrogens is 1. The minimum atomic E-state index is -0.260. The van der Waals surface area contributed by atoms with Gasteiger partial charge in [0.05, 0.1) is 0 Å². The summed E-state index contributed by atoms with van der Waals surface area (Å²) < 4.78 is 13.1. The first-order valence-corrected chi connectivity index (χ1v) is 7.86. The minimum Gasteiger partial charge on any atom is -0.507 e. The van der Waals surface area contributed by atoms with E-state index in [2.05, 4.69) is 9.88 Å². The monoisotopic (exact) mass is 324 g/mol. The molecule has 4 rings (SSSR count). The number of rotatable bonds is 2. The molecule has 1 atom stereocenters. The standard InChI is InChI=1S/C19H17FN2O2/c1-11-16-15(10-22(11)9-12-4-6-13(20)7-5-12)19(24)17-14(18(16)23)3-2-8-21-17/h2-8,11,23-24H,9-10H2,1H3. The van der Waals surface area contributed by atoms with Crippen molar-refractivity contribution in [2.75, 3.05) is 0 Å². The molecule has 0 fully saturated rings. The second-order valence-electron chi connectivity index (χ2n) is 6.20. The van der Waals surface area contributed by atoms with Gasteiger partial charge >= 0.3 is 0 Å². The Morgan fingerprint density at radius 3 is 2.67 bits per heavy atom. The van der Waals surface area contributed by atoms with E-state index < -0.39 is 0 Å². The van der Waals surface area contributed by atoms with Crippen molar-refractivity contribution in [2.45, 2.75) is 26.1 Å². The lowest BCUT2D eigenvalue weighted by Crippen LogP contribution is -2.19. The van der Waals surface area contributed by atoms with Crippen molar-refractivity contribution < 1.29 is 14.6 Å². The normalized spacial score (nSPS) is 17.3. The Balaban J connectivity index is 1.75. The van der Waals surface area contributed by atoms with Gasteiger partial charge < -0.3 is 10.2 Å². The van der Waals surface area contributed by atoms with Gasteiger partial charge in [-0.3, -0.25) is 9.88 Å². The molecule has 1 aliphatic rings. The molecule has 2 N–H and O–H groups in total. The number of hydrogen-bond acceptors (Lipinski definition) is 4. The van der Waals surface area contributed by atoms with Crippen LogP contribution in [0.15, 0.2) is 42.6 Å². The summed E-state index contributed by atoms with van der Waals surface area (Å²) in [6.07, 6.45) is 1.60. The SMILES string of the molecule is CC1c2c(c(O)c3ncccc3c2O)CN1Cc1ccc(F)cc1. The fourth-order valence-electron chi connectivity index (χ4n) is 3.49. The first-order chi connectivity index (χ1) is 11.6. The second-order valence-corrected chi connectivity index (χ2v) is 6.20. The zero-order chi connectivity index (χ0) is 16.8. The number of halogens is 1. The number of hydrogen-bond donors (Lipinski definition) is 2. The van der Waals surface area contributed by atoms with Crippen LogP contribution < -0.4 is 0 Å². The van der Waals surface area contributed by atoms with Gasteiger partial charge in [-0.2, -0.15) is 0 Å². The molecule has 1 aliphatic heterocycles. The van der Waals surface area contributed by atoms with Gasteiger partial charge in [0.25, 0.3) is 0 Å². The van der Waals surface area contributed by atoms with E-state index in [1.807, 2.05) is 6.92 Å². The highest BCUT2D eigenvalue weighted by Crippen LogP contribution is 2.48. The van der Waals surface area contributed by atoms with Crippen LogP contribution in [-0.2, 0) is 13.1 Å². The van der Waals surface area contributed by atoms with Crippen molar-refractivity contribution in [1.29, 1.82) is 0 Å². The van der Waals surface area contributed by atoms with Gasteiger partial charge in [-0.1, -0.05) is 12.1 Å². The summed E-state index contributed by atoms with van der Waals surface area (Å²) in [5.74, 6) is 0.0518. The zero-order valence-corrected chi connectivity index (χ0v) is 13.2. The Morgan fingerprint density at radius 2 is 1.92 bits per heavy atom. The van der Waals surface area contributed by atoms with Crippen LogP contribution in [0.5, 0.6) is 11.5 Å². The van der Waals surface area contributed by atoms with Crippen molar-refractivity contribution in [3.8, 4) is 11.5 Å². The Bertz CT molecular complexity index is 925. The number of nitrogens with zero attached hydrogens (tertiary/aromatic N) is 2. The van der Waals surface area contributed by atoms with Crippen LogP contribution >= 0.6 is 0 Å².